The Kier molecular flexibility index (Phi) is 9.15. The summed E-state index contributed by atoms with van der Waals surface area (Å²) in [5.74, 6) is -2.98. The number of esters is 4. The number of rotatable bonds is 8. The fourth-order valence-electron chi connectivity index (χ4n) is 2.58. The molecule has 0 spiro atoms. The zero-order valence-corrected chi connectivity index (χ0v) is 17.4. The molecule has 0 radical (unpaired) electrons. The van der Waals surface area contributed by atoms with E-state index < -0.39 is 42.2 Å². The largest absolute Gasteiger partial charge is 0.466 e. The van der Waals surface area contributed by atoms with Gasteiger partial charge in [-0.1, -0.05) is 27.7 Å². The highest BCUT2D eigenvalue weighted by Crippen LogP contribution is 2.29. The van der Waals surface area contributed by atoms with Crippen molar-refractivity contribution in [3.63, 3.8) is 0 Å². The van der Waals surface area contributed by atoms with Crippen molar-refractivity contribution in [2.45, 2.75) is 72.2 Å². The maximum Gasteiger partial charge on any atom is 0.333 e. The van der Waals surface area contributed by atoms with Crippen LogP contribution in [-0.2, 0) is 38.1 Å². The van der Waals surface area contributed by atoms with Crippen molar-refractivity contribution in [1.82, 2.24) is 0 Å². The Morgan fingerprint density at radius 1 is 1.00 bits per heavy atom. The lowest BCUT2D eigenvalue weighted by atomic mass is 9.91. The first-order chi connectivity index (χ1) is 13.1. The lowest BCUT2D eigenvalue weighted by Crippen LogP contribution is -2.49. The number of hydrogen-bond acceptors (Lipinski definition) is 8. The number of methoxy groups -OCH3 is 1. The van der Waals surface area contributed by atoms with Gasteiger partial charge in [-0.2, -0.15) is 0 Å². The first-order valence-electron chi connectivity index (χ1n) is 9.51. The molecule has 5 unspecified atom stereocenters. The van der Waals surface area contributed by atoms with Crippen LogP contribution < -0.4 is 0 Å². The second-order valence-corrected chi connectivity index (χ2v) is 6.96. The van der Waals surface area contributed by atoms with Gasteiger partial charge in [-0.25, -0.2) is 4.79 Å². The molecule has 0 fully saturated rings. The molecule has 0 saturated carbocycles. The summed E-state index contributed by atoms with van der Waals surface area (Å²) in [7, 11) is 1.22. The molecule has 0 aromatic carbocycles. The van der Waals surface area contributed by atoms with Crippen LogP contribution in [0, 0.1) is 11.8 Å². The molecular weight excluding hydrogens is 368 g/mol. The van der Waals surface area contributed by atoms with Gasteiger partial charge in [0.15, 0.2) is 12.2 Å². The van der Waals surface area contributed by atoms with E-state index in [1.807, 2.05) is 13.8 Å². The SMILES string of the molecule is CCC(C)C(=O)OC1CC(C(=O)OC)=CC(OC(C)=O)C1OC(=O)C(C)CC. The Bertz CT molecular complexity index is 624. The average molecular weight is 398 g/mol. The summed E-state index contributed by atoms with van der Waals surface area (Å²) < 4.78 is 21.1. The smallest absolute Gasteiger partial charge is 0.333 e. The van der Waals surface area contributed by atoms with Crippen LogP contribution in [0.15, 0.2) is 11.6 Å². The lowest BCUT2D eigenvalue weighted by Gasteiger charge is -2.35. The van der Waals surface area contributed by atoms with Crippen LogP contribution in [0.2, 0.25) is 0 Å². The summed E-state index contributed by atoms with van der Waals surface area (Å²) in [6, 6.07) is 0. The molecule has 158 valence electrons. The minimum absolute atomic E-state index is 0.00886. The normalized spacial score (nSPS) is 23.6. The fraction of sp³-hybridized carbons (Fsp3) is 0.700. The van der Waals surface area contributed by atoms with Crippen molar-refractivity contribution in [3.05, 3.63) is 11.6 Å². The van der Waals surface area contributed by atoms with Crippen molar-refractivity contribution in [2.75, 3.05) is 7.11 Å². The second-order valence-electron chi connectivity index (χ2n) is 6.96. The van der Waals surface area contributed by atoms with Gasteiger partial charge in [0.25, 0.3) is 0 Å². The van der Waals surface area contributed by atoms with Crippen LogP contribution in [0.1, 0.15) is 53.9 Å². The zero-order valence-electron chi connectivity index (χ0n) is 17.4. The van der Waals surface area contributed by atoms with Crippen molar-refractivity contribution in [2.24, 2.45) is 11.8 Å². The topological polar surface area (TPSA) is 105 Å². The number of carbonyl (C=O) groups excluding carboxylic acids is 4. The van der Waals surface area contributed by atoms with E-state index in [2.05, 4.69) is 0 Å². The van der Waals surface area contributed by atoms with Crippen LogP contribution in [-0.4, -0.2) is 49.3 Å². The molecule has 5 atom stereocenters. The van der Waals surface area contributed by atoms with Gasteiger partial charge in [-0.05, 0) is 18.9 Å². The van der Waals surface area contributed by atoms with E-state index in [1.165, 1.54) is 20.1 Å². The van der Waals surface area contributed by atoms with Gasteiger partial charge >= 0.3 is 23.9 Å². The molecule has 8 heteroatoms. The standard InChI is InChI=1S/C20H30O8/c1-7-11(3)18(22)27-16-10-14(20(24)25-6)9-15(26-13(5)21)17(16)28-19(23)12(4)8-2/h9,11-12,15-17H,7-8,10H2,1-6H3. The first kappa shape index (κ1) is 23.7. The number of ether oxygens (including phenoxy) is 4. The molecule has 0 N–H and O–H groups in total. The van der Waals surface area contributed by atoms with Gasteiger partial charge < -0.3 is 18.9 Å². The molecule has 0 saturated heterocycles. The maximum atomic E-state index is 12.4. The number of hydrogen-bond donors (Lipinski definition) is 0. The average Bonchev–Trinajstić information content (AvgIpc) is 2.67. The monoisotopic (exact) mass is 398 g/mol. The van der Waals surface area contributed by atoms with Crippen LogP contribution in [0.3, 0.4) is 0 Å². The molecule has 28 heavy (non-hydrogen) atoms. The Hall–Kier alpha value is -2.38. The minimum Gasteiger partial charge on any atom is -0.466 e. The summed E-state index contributed by atoms with van der Waals surface area (Å²) in [5.41, 5.74) is 0.187. The van der Waals surface area contributed by atoms with E-state index in [0.717, 1.165) is 0 Å². The highest BCUT2D eigenvalue weighted by molar-refractivity contribution is 5.89. The Balaban J connectivity index is 3.24. The predicted octanol–water partition coefficient (Wildman–Crippen LogP) is 2.34. The van der Waals surface area contributed by atoms with Crippen molar-refractivity contribution in [3.8, 4) is 0 Å². The molecule has 8 nitrogen and oxygen atoms in total. The van der Waals surface area contributed by atoms with Crippen LogP contribution in [0.25, 0.3) is 0 Å². The van der Waals surface area contributed by atoms with Crippen molar-refractivity contribution in [1.29, 1.82) is 0 Å². The molecule has 0 amide bonds. The molecule has 0 bridgehead atoms. The molecule has 0 aromatic rings. The number of carbonyl (C=O) groups is 4. The zero-order chi connectivity index (χ0) is 21.4. The summed E-state index contributed by atoms with van der Waals surface area (Å²) in [6.45, 7) is 8.31. The Labute approximate surface area is 165 Å². The molecular formula is C20H30O8. The quantitative estimate of drug-likeness (QED) is 0.453. The first-order valence-corrected chi connectivity index (χ1v) is 9.51. The predicted molar refractivity (Wildman–Crippen MR) is 98.9 cm³/mol. The van der Waals surface area contributed by atoms with Gasteiger partial charge in [-0.15, -0.1) is 0 Å². The van der Waals surface area contributed by atoms with E-state index >= 15 is 0 Å². The second kappa shape index (κ2) is 10.8. The Morgan fingerprint density at radius 3 is 2.00 bits per heavy atom. The summed E-state index contributed by atoms with van der Waals surface area (Å²) >= 11 is 0. The van der Waals surface area contributed by atoms with E-state index in [0.29, 0.717) is 12.8 Å². The Morgan fingerprint density at radius 2 is 1.54 bits per heavy atom. The maximum absolute atomic E-state index is 12.4. The fourth-order valence-corrected chi connectivity index (χ4v) is 2.58. The third-order valence-electron chi connectivity index (χ3n) is 4.78. The van der Waals surface area contributed by atoms with Gasteiger partial charge in [0, 0.05) is 18.9 Å². The van der Waals surface area contributed by atoms with Crippen molar-refractivity contribution >= 4 is 23.9 Å². The summed E-state index contributed by atoms with van der Waals surface area (Å²) in [6.07, 6.45) is -0.589. The van der Waals surface area contributed by atoms with Gasteiger partial charge in [0.05, 0.1) is 18.9 Å². The molecule has 0 aliphatic heterocycles. The van der Waals surface area contributed by atoms with E-state index in [4.69, 9.17) is 18.9 Å². The van der Waals surface area contributed by atoms with Crippen molar-refractivity contribution < 1.29 is 38.1 Å². The molecule has 0 aromatic heterocycles. The molecule has 1 aliphatic carbocycles. The van der Waals surface area contributed by atoms with Gasteiger partial charge in [-0.3, -0.25) is 14.4 Å². The van der Waals surface area contributed by atoms with Crippen LogP contribution >= 0.6 is 0 Å². The third kappa shape index (κ3) is 6.35. The summed E-state index contributed by atoms with van der Waals surface area (Å²) in [5, 5.41) is 0. The highest BCUT2D eigenvalue weighted by atomic mass is 16.6. The lowest BCUT2D eigenvalue weighted by molar-refractivity contribution is -0.186. The third-order valence-corrected chi connectivity index (χ3v) is 4.78. The van der Waals surface area contributed by atoms with Gasteiger partial charge in [0.2, 0.25) is 0 Å². The van der Waals surface area contributed by atoms with Gasteiger partial charge in [0.1, 0.15) is 6.10 Å². The molecule has 1 aliphatic rings. The van der Waals surface area contributed by atoms with Crippen LogP contribution in [0.5, 0.6) is 0 Å². The van der Waals surface area contributed by atoms with E-state index in [9.17, 15) is 19.2 Å². The highest BCUT2D eigenvalue weighted by Gasteiger charge is 2.43. The molecule has 1 rings (SSSR count). The minimum atomic E-state index is -1.07. The van der Waals surface area contributed by atoms with Crippen LogP contribution in [0.4, 0.5) is 0 Å². The van der Waals surface area contributed by atoms with E-state index in [-0.39, 0.29) is 23.8 Å². The summed E-state index contributed by atoms with van der Waals surface area (Å²) in [4.78, 5) is 48.3. The molecule has 0 heterocycles. The van der Waals surface area contributed by atoms with E-state index in [1.54, 1.807) is 13.8 Å².